The molecule has 6 unspecified atom stereocenters. The molecule has 0 aromatic heterocycles. The molecule has 0 aromatic rings. The molecule has 3 fully saturated rings. The molecule has 6 atom stereocenters. The fraction of sp³-hybridized carbons (Fsp3) is 0.640. The van der Waals surface area contributed by atoms with Gasteiger partial charge in [0, 0.05) is 38.8 Å². The fourth-order valence-electron chi connectivity index (χ4n) is 5.52. The normalized spacial score (nSPS) is 41.4. The lowest BCUT2D eigenvalue weighted by molar-refractivity contribution is -0.122. The Labute approximate surface area is 191 Å². The predicted octanol–water partition coefficient (Wildman–Crippen LogP) is 2.04. The van der Waals surface area contributed by atoms with Gasteiger partial charge < -0.3 is 20.1 Å². The molecule has 174 valence electrons. The first-order chi connectivity index (χ1) is 15.7. The molecule has 2 saturated heterocycles. The Morgan fingerprint density at radius 1 is 1.19 bits per heavy atom. The van der Waals surface area contributed by atoms with Crippen LogP contribution in [0.5, 0.6) is 0 Å². The van der Waals surface area contributed by atoms with E-state index in [1.807, 2.05) is 0 Å². The van der Waals surface area contributed by atoms with Crippen molar-refractivity contribution in [2.45, 2.75) is 63.0 Å². The molecule has 32 heavy (non-hydrogen) atoms. The van der Waals surface area contributed by atoms with Crippen molar-refractivity contribution < 1.29 is 14.3 Å². The van der Waals surface area contributed by atoms with Gasteiger partial charge in [-0.15, -0.1) is 0 Å². The average Bonchev–Trinajstić information content (AvgIpc) is 3.40. The van der Waals surface area contributed by atoms with Crippen molar-refractivity contribution in [3.8, 4) is 0 Å². The number of carbonyl (C=O) groups excluding carboxylic acids is 1. The van der Waals surface area contributed by atoms with Crippen LogP contribution in [0.3, 0.4) is 0 Å². The lowest BCUT2D eigenvalue weighted by Gasteiger charge is -2.42. The number of nitrogens with one attached hydrogen (secondary N) is 1. The van der Waals surface area contributed by atoms with Crippen LogP contribution in [0.25, 0.3) is 0 Å². The minimum atomic E-state index is -0.261. The van der Waals surface area contributed by atoms with Crippen LogP contribution in [0.1, 0.15) is 38.5 Å². The highest BCUT2D eigenvalue weighted by atomic mass is 16.5. The van der Waals surface area contributed by atoms with Crippen LogP contribution in [-0.4, -0.2) is 73.1 Å². The molecule has 5 aliphatic rings. The number of nitrogens with zero attached hydrogens (tertiary/aromatic N) is 2. The molecule has 1 saturated carbocycles. The first-order valence-electron chi connectivity index (χ1n) is 12.2. The van der Waals surface area contributed by atoms with Crippen LogP contribution >= 0.6 is 0 Å². The van der Waals surface area contributed by atoms with Gasteiger partial charge in [0.15, 0.2) is 0 Å². The van der Waals surface area contributed by atoms with Crippen molar-refractivity contribution in [3.05, 3.63) is 47.7 Å². The number of primary amides is 1. The number of piperidine rings is 1. The van der Waals surface area contributed by atoms with E-state index in [2.05, 4.69) is 51.7 Å². The van der Waals surface area contributed by atoms with E-state index in [9.17, 15) is 4.79 Å². The molecular formula is C25H36N4O3. The molecule has 3 N–H and O–H groups in total. The van der Waals surface area contributed by atoms with E-state index in [1.54, 1.807) is 5.57 Å². The molecule has 2 aliphatic carbocycles. The van der Waals surface area contributed by atoms with E-state index in [-0.39, 0.29) is 30.4 Å². The maximum absolute atomic E-state index is 12.1. The summed E-state index contributed by atoms with van der Waals surface area (Å²) >= 11 is 0. The number of nitrogens with two attached hydrogens (primary N) is 1. The van der Waals surface area contributed by atoms with Crippen LogP contribution < -0.4 is 11.1 Å². The second-order valence-electron chi connectivity index (χ2n) is 9.65. The number of hydrogen-bond acceptors (Lipinski definition) is 6. The van der Waals surface area contributed by atoms with Crippen molar-refractivity contribution in [2.75, 3.05) is 32.9 Å². The second kappa shape index (κ2) is 9.91. The summed E-state index contributed by atoms with van der Waals surface area (Å²) in [6, 6.07) is -0.261. The summed E-state index contributed by atoms with van der Waals surface area (Å²) < 4.78 is 12.5. The van der Waals surface area contributed by atoms with Crippen LogP contribution in [0.2, 0.25) is 0 Å². The smallest absolute Gasteiger partial charge is 0.234 e. The van der Waals surface area contributed by atoms with Crippen LogP contribution in [0.4, 0.5) is 0 Å². The third-order valence-corrected chi connectivity index (χ3v) is 7.40. The molecule has 3 aliphatic heterocycles. The molecule has 5 rings (SSSR count). The predicted molar refractivity (Wildman–Crippen MR) is 123 cm³/mol. The summed E-state index contributed by atoms with van der Waals surface area (Å²) in [6.07, 6.45) is 19.7. The molecular weight excluding hydrogens is 404 g/mol. The Morgan fingerprint density at radius 3 is 3.03 bits per heavy atom. The second-order valence-corrected chi connectivity index (χ2v) is 9.65. The third-order valence-electron chi connectivity index (χ3n) is 7.40. The van der Waals surface area contributed by atoms with Crippen molar-refractivity contribution in [3.63, 3.8) is 0 Å². The zero-order chi connectivity index (χ0) is 21.9. The molecule has 0 radical (unpaired) electrons. The zero-order valence-corrected chi connectivity index (χ0v) is 18.8. The van der Waals surface area contributed by atoms with Gasteiger partial charge in [-0.3, -0.25) is 15.0 Å². The largest absolute Gasteiger partial charge is 0.368 e. The average molecular weight is 441 g/mol. The van der Waals surface area contributed by atoms with Gasteiger partial charge in [0.2, 0.25) is 5.91 Å². The highest BCUT2D eigenvalue weighted by Crippen LogP contribution is 2.37. The summed E-state index contributed by atoms with van der Waals surface area (Å²) in [5, 5.41) is 3.34. The number of hydrogen-bond donors (Lipinski definition) is 2. The van der Waals surface area contributed by atoms with Gasteiger partial charge in [-0.25, -0.2) is 0 Å². The summed E-state index contributed by atoms with van der Waals surface area (Å²) in [5.74, 6) is 0.367. The molecule has 1 amide bonds. The van der Waals surface area contributed by atoms with E-state index in [1.165, 1.54) is 24.8 Å². The topological polar surface area (TPSA) is 80.1 Å². The van der Waals surface area contributed by atoms with Crippen LogP contribution in [0.15, 0.2) is 47.7 Å². The number of allylic oxidation sites excluding steroid dienone is 5. The zero-order valence-electron chi connectivity index (χ0n) is 18.8. The number of ether oxygens (including phenoxy) is 2. The molecule has 2 bridgehead atoms. The Hall–Kier alpha value is -1.93. The van der Waals surface area contributed by atoms with Gasteiger partial charge >= 0.3 is 0 Å². The van der Waals surface area contributed by atoms with Crippen LogP contribution in [-0.2, 0) is 14.3 Å². The molecule has 7 heteroatoms. The SMILES string of the molecule is NC(=O)C1CC2CN1CCNCOC1C/C1=C/C=C\C=C/N1CC3=CCCCC3CC1O2. The molecule has 7 nitrogen and oxygen atoms in total. The van der Waals surface area contributed by atoms with Crippen molar-refractivity contribution >= 4 is 5.91 Å². The standard InChI is InChI=1S/C25H36N4O3/c26-25(30)22-14-21-16-28(22)11-9-27-17-31-23-12-19(23)7-2-1-5-10-29-15-20-8-4-3-6-18(20)13-24(29)32-21/h1-2,5,7-8,10,18,21-24,27H,3-4,6,9,11-17H2,(H2,26,30)/b2-1-,10-5-,19-7-. The minimum Gasteiger partial charge on any atom is -0.368 e. The number of amides is 1. The van der Waals surface area contributed by atoms with Crippen LogP contribution in [0, 0.1) is 5.92 Å². The van der Waals surface area contributed by atoms with Gasteiger partial charge in [0.05, 0.1) is 25.0 Å². The van der Waals surface area contributed by atoms with Gasteiger partial charge in [-0.1, -0.05) is 29.9 Å². The first kappa shape index (κ1) is 21.9. The van der Waals surface area contributed by atoms with Gasteiger partial charge in [-0.2, -0.15) is 0 Å². The Bertz CT molecular complexity index is 820. The van der Waals surface area contributed by atoms with Crippen molar-refractivity contribution in [1.82, 2.24) is 15.1 Å². The van der Waals surface area contributed by atoms with E-state index < -0.39 is 0 Å². The third kappa shape index (κ3) is 5.17. The van der Waals surface area contributed by atoms with Gasteiger partial charge in [0.25, 0.3) is 0 Å². The summed E-state index contributed by atoms with van der Waals surface area (Å²) in [5.41, 5.74) is 8.63. The van der Waals surface area contributed by atoms with Crippen molar-refractivity contribution in [1.29, 1.82) is 0 Å². The number of carbonyl (C=O) groups is 1. The van der Waals surface area contributed by atoms with Crippen molar-refractivity contribution in [2.24, 2.45) is 11.7 Å². The lowest BCUT2D eigenvalue weighted by atomic mass is 9.82. The quantitative estimate of drug-likeness (QED) is 0.608. The van der Waals surface area contributed by atoms with E-state index >= 15 is 0 Å². The molecule has 3 heterocycles. The Morgan fingerprint density at radius 2 is 2.12 bits per heavy atom. The number of rotatable bonds is 1. The maximum Gasteiger partial charge on any atom is 0.234 e. The minimum absolute atomic E-state index is 0.0187. The summed E-state index contributed by atoms with van der Waals surface area (Å²) in [7, 11) is 0. The highest BCUT2D eigenvalue weighted by molar-refractivity contribution is 5.80. The maximum atomic E-state index is 12.1. The summed E-state index contributed by atoms with van der Waals surface area (Å²) in [4.78, 5) is 16.6. The van der Waals surface area contributed by atoms with E-state index in [0.29, 0.717) is 19.1 Å². The van der Waals surface area contributed by atoms with E-state index in [4.69, 9.17) is 15.2 Å². The number of fused-ring (bicyclic) bond motifs is 5. The van der Waals surface area contributed by atoms with E-state index in [0.717, 1.165) is 39.0 Å². The summed E-state index contributed by atoms with van der Waals surface area (Å²) in [6.45, 7) is 3.71. The fourth-order valence-corrected chi connectivity index (χ4v) is 5.52. The van der Waals surface area contributed by atoms with Gasteiger partial charge in [0.1, 0.15) is 6.23 Å². The lowest BCUT2D eigenvalue weighted by Crippen LogP contribution is -2.45. The monoisotopic (exact) mass is 440 g/mol. The molecule has 0 spiro atoms. The molecule has 0 aromatic carbocycles. The highest BCUT2D eigenvalue weighted by Gasteiger charge is 2.39. The van der Waals surface area contributed by atoms with Gasteiger partial charge in [-0.05, 0) is 49.7 Å². The Kier molecular flexibility index (Phi) is 6.78. The first-order valence-corrected chi connectivity index (χ1v) is 12.2. The Balaban J connectivity index is 1.34.